The molecule has 0 N–H and O–H groups in total. The van der Waals surface area contributed by atoms with Gasteiger partial charge in [0.25, 0.3) is 0 Å². The second kappa shape index (κ2) is 2.97. The Morgan fingerprint density at radius 1 is 0.889 bits per heavy atom. The first-order valence-electron chi connectivity index (χ1n) is 7.81. The summed E-state index contributed by atoms with van der Waals surface area (Å²) in [5.74, 6) is 1.80. The molecule has 0 aromatic carbocycles. The third-order valence-corrected chi connectivity index (χ3v) is 6.80. The Bertz CT molecular complexity index is 478. The summed E-state index contributed by atoms with van der Waals surface area (Å²) in [6.45, 7) is 10.0. The van der Waals surface area contributed by atoms with Gasteiger partial charge >= 0.3 is 0 Å². The SMILES string of the molecule is CC12C=CC3(C)CCC4C3=C1C(CCC4(C)C)C2. The molecule has 0 aromatic heterocycles. The van der Waals surface area contributed by atoms with Crippen molar-refractivity contribution in [3.63, 3.8) is 0 Å². The van der Waals surface area contributed by atoms with Gasteiger partial charge in [0.1, 0.15) is 0 Å². The zero-order chi connectivity index (χ0) is 12.8. The molecule has 4 aliphatic carbocycles. The minimum Gasteiger partial charge on any atom is -0.0777 e. The van der Waals surface area contributed by atoms with Gasteiger partial charge in [0, 0.05) is 10.8 Å². The van der Waals surface area contributed by atoms with Gasteiger partial charge in [-0.15, -0.1) is 0 Å². The maximum absolute atomic E-state index is 2.57. The van der Waals surface area contributed by atoms with E-state index in [2.05, 4.69) is 39.8 Å². The van der Waals surface area contributed by atoms with Crippen molar-refractivity contribution in [3.8, 4) is 0 Å². The van der Waals surface area contributed by atoms with Crippen molar-refractivity contribution < 1.29 is 0 Å². The van der Waals surface area contributed by atoms with E-state index in [1.165, 1.54) is 32.1 Å². The monoisotopic (exact) mass is 242 g/mol. The lowest BCUT2D eigenvalue weighted by atomic mass is 9.52. The molecule has 2 saturated carbocycles. The molecule has 0 aliphatic heterocycles. The van der Waals surface area contributed by atoms with E-state index in [0.29, 0.717) is 16.2 Å². The van der Waals surface area contributed by atoms with Crippen molar-refractivity contribution in [1.29, 1.82) is 0 Å². The van der Waals surface area contributed by atoms with Crippen molar-refractivity contribution in [2.45, 2.75) is 59.8 Å². The van der Waals surface area contributed by atoms with Crippen LogP contribution in [0.15, 0.2) is 23.3 Å². The van der Waals surface area contributed by atoms with Crippen molar-refractivity contribution in [2.24, 2.45) is 28.1 Å². The first kappa shape index (κ1) is 11.3. The Morgan fingerprint density at radius 2 is 1.61 bits per heavy atom. The summed E-state index contributed by atoms with van der Waals surface area (Å²) in [4.78, 5) is 0. The van der Waals surface area contributed by atoms with Crippen LogP contribution in [0.1, 0.15) is 59.8 Å². The fourth-order valence-electron chi connectivity index (χ4n) is 5.65. The van der Waals surface area contributed by atoms with Crippen LogP contribution in [0.4, 0.5) is 0 Å². The Morgan fingerprint density at radius 3 is 2.39 bits per heavy atom. The van der Waals surface area contributed by atoms with Gasteiger partial charge in [-0.3, -0.25) is 0 Å². The maximum atomic E-state index is 2.57. The lowest BCUT2D eigenvalue weighted by Crippen LogP contribution is -2.41. The third-order valence-electron chi connectivity index (χ3n) is 6.80. The average molecular weight is 242 g/mol. The standard InChI is InChI=1S/C18H26/c1-16(2)7-5-12-11-18(4)10-9-17(3)8-6-13(16)15(17)14(12)18/h9-10,12-13H,5-8,11H2,1-4H3. The van der Waals surface area contributed by atoms with E-state index in [-0.39, 0.29) is 0 Å². The second-order valence-corrected chi connectivity index (χ2v) is 8.52. The van der Waals surface area contributed by atoms with E-state index < -0.39 is 0 Å². The molecule has 4 aliphatic rings. The van der Waals surface area contributed by atoms with Crippen LogP contribution in [-0.4, -0.2) is 0 Å². The van der Waals surface area contributed by atoms with Crippen LogP contribution in [0.2, 0.25) is 0 Å². The molecule has 0 heterocycles. The van der Waals surface area contributed by atoms with Crippen molar-refractivity contribution in [3.05, 3.63) is 23.3 Å². The quantitative estimate of drug-likeness (QED) is 0.517. The maximum Gasteiger partial charge on any atom is 0.00743 e. The molecule has 0 amide bonds. The number of rotatable bonds is 0. The molecule has 4 atom stereocenters. The zero-order valence-corrected chi connectivity index (χ0v) is 12.3. The molecule has 0 nitrogen and oxygen atoms in total. The lowest BCUT2D eigenvalue weighted by Gasteiger charge is -2.53. The Hall–Kier alpha value is -0.520. The Kier molecular flexibility index (Phi) is 1.87. The van der Waals surface area contributed by atoms with Gasteiger partial charge < -0.3 is 0 Å². The molecule has 0 bridgehead atoms. The summed E-state index contributed by atoms with van der Waals surface area (Å²) >= 11 is 0. The number of hydrogen-bond acceptors (Lipinski definition) is 0. The van der Waals surface area contributed by atoms with Gasteiger partial charge in [0.2, 0.25) is 0 Å². The fraction of sp³-hybridized carbons (Fsp3) is 0.778. The third kappa shape index (κ3) is 1.13. The average Bonchev–Trinajstić information content (AvgIpc) is 2.56. The van der Waals surface area contributed by atoms with Gasteiger partial charge in [0.05, 0.1) is 0 Å². The highest BCUT2D eigenvalue weighted by Gasteiger charge is 2.57. The van der Waals surface area contributed by atoms with E-state index in [4.69, 9.17) is 0 Å². The van der Waals surface area contributed by atoms with Crippen LogP contribution in [0, 0.1) is 28.1 Å². The molecular weight excluding hydrogens is 216 g/mol. The molecule has 98 valence electrons. The van der Waals surface area contributed by atoms with Crippen LogP contribution in [0.3, 0.4) is 0 Å². The molecule has 18 heavy (non-hydrogen) atoms. The van der Waals surface area contributed by atoms with Crippen LogP contribution >= 0.6 is 0 Å². The van der Waals surface area contributed by atoms with Gasteiger partial charge in [-0.1, -0.05) is 51.0 Å². The molecule has 0 spiro atoms. The largest absolute Gasteiger partial charge is 0.0777 e. The second-order valence-electron chi connectivity index (χ2n) is 8.52. The molecular formula is C18H26. The minimum absolute atomic E-state index is 0.416. The highest BCUT2D eigenvalue weighted by molar-refractivity contribution is 5.49. The van der Waals surface area contributed by atoms with E-state index in [1.807, 2.05) is 11.1 Å². The first-order chi connectivity index (χ1) is 8.36. The van der Waals surface area contributed by atoms with Gasteiger partial charge in [-0.05, 0) is 49.4 Å². The molecule has 0 heteroatoms. The number of hydrogen-bond donors (Lipinski definition) is 0. The lowest BCUT2D eigenvalue weighted by molar-refractivity contribution is 0.196. The Balaban J connectivity index is 1.94. The van der Waals surface area contributed by atoms with E-state index >= 15 is 0 Å². The normalized spacial score (nSPS) is 51.8. The molecule has 0 radical (unpaired) electrons. The molecule has 4 rings (SSSR count). The van der Waals surface area contributed by atoms with E-state index in [9.17, 15) is 0 Å². The predicted molar refractivity (Wildman–Crippen MR) is 76.2 cm³/mol. The van der Waals surface area contributed by atoms with E-state index in [1.54, 1.807) is 0 Å². The predicted octanol–water partition coefficient (Wildman–Crippen LogP) is 5.12. The van der Waals surface area contributed by atoms with Crippen LogP contribution in [0.5, 0.6) is 0 Å². The van der Waals surface area contributed by atoms with Crippen molar-refractivity contribution >= 4 is 0 Å². The van der Waals surface area contributed by atoms with Gasteiger partial charge in [0.15, 0.2) is 0 Å². The van der Waals surface area contributed by atoms with Crippen LogP contribution in [0.25, 0.3) is 0 Å². The van der Waals surface area contributed by atoms with E-state index in [0.717, 1.165) is 11.8 Å². The van der Waals surface area contributed by atoms with Gasteiger partial charge in [-0.25, -0.2) is 0 Å². The topological polar surface area (TPSA) is 0 Å². The minimum atomic E-state index is 0.416. The van der Waals surface area contributed by atoms with Crippen LogP contribution in [-0.2, 0) is 0 Å². The molecule has 2 fully saturated rings. The summed E-state index contributed by atoms with van der Waals surface area (Å²) in [5.41, 5.74) is 5.18. The summed E-state index contributed by atoms with van der Waals surface area (Å²) in [5, 5.41) is 0. The summed E-state index contributed by atoms with van der Waals surface area (Å²) in [6.07, 6.45) is 12.2. The highest BCUT2D eigenvalue weighted by atomic mass is 14.6. The molecule has 0 aromatic rings. The zero-order valence-electron chi connectivity index (χ0n) is 12.3. The smallest absolute Gasteiger partial charge is 0.00743 e. The summed E-state index contributed by atoms with van der Waals surface area (Å²) in [6, 6.07) is 0. The molecule has 4 unspecified atom stereocenters. The van der Waals surface area contributed by atoms with Gasteiger partial charge in [-0.2, -0.15) is 0 Å². The Labute approximate surface area is 112 Å². The van der Waals surface area contributed by atoms with Crippen LogP contribution < -0.4 is 0 Å². The summed E-state index contributed by atoms with van der Waals surface area (Å²) < 4.78 is 0. The number of allylic oxidation sites excluding steroid dienone is 4. The van der Waals surface area contributed by atoms with Crippen molar-refractivity contribution in [1.82, 2.24) is 0 Å². The van der Waals surface area contributed by atoms with Crippen molar-refractivity contribution in [2.75, 3.05) is 0 Å². The fourth-order valence-corrected chi connectivity index (χ4v) is 5.65. The highest BCUT2D eigenvalue weighted by Crippen LogP contribution is 2.69. The molecule has 0 saturated heterocycles. The first-order valence-corrected chi connectivity index (χ1v) is 7.81. The summed E-state index contributed by atoms with van der Waals surface area (Å²) in [7, 11) is 0.